The number of amides is 4. The Labute approximate surface area is 153 Å². The van der Waals surface area contributed by atoms with Crippen LogP contribution in [0.15, 0.2) is 52.5 Å². The molecule has 1 fully saturated rings. The van der Waals surface area contributed by atoms with E-state index in [4.69, 9.17) is 0 Å². The van der Waals surface area contributed by atoms with E-state index < -0.39 is 17.8 Å². The van der Waals surface area contributed by atoms with E-state index in [-0.39, 0.29) is 5.57 Å². The van der Waals surface area contributed by atoms with Crippen LogP contribution in [0.2, 0.25) is 0 Å². The van der Waals surface area contributed by atoms with Crippen LogP contribution in [0.3, 0.4) is 0 Å². The van der Waals surface area contributed by atoms with Crippen LogP contribution in [0.4, 0.5) is 10.5 Å². The lowest BCUT2D eigenvalue weighted by molar-refractivity contribution is -0.122. The summed E-state index contributed by atoms with van der Waals surface area (Å²) in [5.41, 5.74) is 2.89. The van der Waals surface area contributed by atoms with Gasteiger partial charge in [0, 0.05) is 4.47 Å². The third-order valence-electron chi connectivity index (χ3n) is 3.75. The normalized spacial score (nSPS) is 16.4. The summed E-state index contributed by atoms with van der Waals surface area (Å²) in [4.78, 5) is 38.2. The Bertz CT molecular complexity index is 897. The minimum Gasteiger partial charge on any atom is -0.273 e. The zero-order valence-corrected chi connectivity index (χ0v) is 15.3. The number of benzene rings is 2. The molecule has 4 amide bonds. The van der Waals surface area contributed by atoms with Crippen molar-refractivity contribution in [1.82, 2.24) is 5.32 Å². The van der Waals surface area contributed by atoms with Crippen molar-refractivity contribution in [3.63, 3.8) is 0 Å². The van der Waals surface area contributed by atoms with Crippen LogP contribution in [-0.4, -0.2) is 17.8 Å². The number of nitrogens with one attached hydrogen (secondary N) is 1. The molecule has 1 N–H and O–H groups in total. The van der Waals surface area contributed by atoms with Gasteiger partial charge in [0.15, 0.2) is 0 Å². The molecule has 5 nitrogen and oxygen atoms in total. The van der Waals surface area contributed by atoms with Crippen molar-refractivity contribution in [3.05, 3.63) is 69.2 Å². The number of anilines is 1. The van der Waals surface area contributed by atoms with Gasteiger partial charge in [0.1, 0.15) is 5.57 Å². The van der Waals surface area contributed by atoms with Crippen LogP contribution in [0.5, 0.6) is 0 Å². The van der Waals surface area contributed by atoms with Crippen LogP contribution in [0.1, 0.15) is 16.7 Å². The second-order valence-corrected chi connectivity index (χ2v) is 6.77. The largest absolute Gasteiger partial charge is 0.335 e. The van der Waals surface area contributed by atoms with Crippen molar-refractivity contribution in [2.24, 2.45) is 0 Å². The summed E-state index contributed by atoms with van der Waals surface area (Å²) in [5, 5.41) is 2.23. The fourth-order valence-corrected chi connectivity index (χ4v) is 2.96. The topological polar surface area (TPSA) is 66.5 Å². The number of hydrogen-bond donors (Lipinski definition) is 1. The summed E-state index contributed by atoms with van der Waals surface area (Å²) in [6, 6.07) is 11.8. The molecule has 2 aromatic rings. The highest BCUT2D eigenvalue weighted by Crippen LogP contribution is 2.24. The van der Waals surface area contributed by atoms with Gasteiger partial charge in [-0.3, -0.25) is 14.9 Å². The second kappa shape index (κ2) is 6.64. The molecule has 6 heteroatoms. The predicted molar refractivity (Wildman–Crippen MR) is 99.1 cm³/mol. The average Bonchev–Trinajstić information content (AvgIpc) is 2.52. The zero-order chi connectivity index (χ0) is 18.1. The van der Waals surface area contributed by atoms with Gasteiger partial charge in [-0.1, -0.05) is 34.1 Å². The molecule has 1 saturated heterocycles. The number of carbonyl (C=O) groups excluding carboxylic acids is 3. The summed E-state index contributed by atoms with van der Waals surface area (Å²) in [7, 11) is 0. The first-order valence-electron chi connectivity index (χ1n) is 7.60. The Balaban J connectivity index is 2.03. The van der Waals surface area contributed by atoms with Crippen molar-refractivity contribution in [2.75, 3.05) is 4.90 Å². The smallest absolute Gasteiger partial charge is 0.273 e. The molecule has 0 spiro atoms. The number of urea groups is 1. The van der Waals surface area contributed by atoms with E-state index in [1.165, 1.54) is 6.08 Å². The molecule has 0 unspecified atom stereocenters. The highest BCUT2D eigenvalue weighted by molar-refractivity contribution is 9.10. The van der Waals surface area contributed by atoms with Crippen molar-refractivity contribution >= 4 is 45.5 Å². The number of aryl methyl sites for hydroxylation is 2. The number of barbiturate groups is 1. The summed E-state index contributed by atoms with van der Waals surface area (Å²) in [5.74, 6) is -1.33. The van der Waals surface area contributed by atoms with Gasteiger partial charge >= 0.3 is 6.03 Å². The first-order chi connectivity index (χ1) is 11.8. The van der Waals surface area contributed by atoms with Crippen LogP contribution in [0, 0.1) is 13.8 Å². The lowest BCUT2D eigenvalue weighted by Gasteiger charge is -2.27. The quantitative estimate of drug-likeness (QED) is 0.618. The van der Waals surface area contributed by atoms with Gasteiger partial charge in [-0.25, -0.2) is 9.69 Å². The van der Waals surface area contributed by atoms with Crippen molar-refractivity contribution in [1.29, 1.82) is 0 Å². The third-order valence-corrected chi connectivity index (χ3v) is 4.28. The molecular weight excluding hydrogens is 384 g/mol. The number of halogens is 1. The average molecular weight is 399 g/mol. The Morgan fingerprint density at radius 1 is 0.960 bits per heavy atom. The first kappa shape index (κ1) is 17.1. The Morgan fingerprint density at radius 3 is 2.16 bits per heavy atom. The van der Waals surface area contributed by atoms with Gasteiger partial charge in [0.25, 0.3) is 11.8 Å². The Kier molecular flexibility index (Phi) is 4.55. The van der Waals surface area contributed by atoms with Crippen LogP contribution in [0.25, 0.3) is 6.08 Å². The monoisotopic (exact) mass is 398 g/mol. The van der Waals surface area contributed by atoms with Gasteiger partial charge in [0.05, 0.1) is 5.69 Å². The van der Waals surface area contributed by atoms with Gasteiger partial charge in [-0.15, -0.1) is 0 Å². The van der Waals surface area contributed by atoms with E-state index in [1.807, 2.05) is 32.0 Å². The number of nitrogens with zero attached hydrogens (tertiary/aromatic N) is 1. The maximum absolute atomic E-state index is 12.8. The molecule has 3 rings (SSSR count). The summed E-state index contributed by atoms with van der Waals surface area (Å²) >= 11 is 3.34. The number of carbonyl (C=O) groups is 3. The third kappa shape index (κ3) is 3.53. The van der Waals surface area contributed by atoms with Gasteiger partial charge in [-0.2, -0.15) is 0 Å². The van der Waals surface area contributed by atoms with Gasteiger partial charge < -0.3 is 0 Å². The van der Waals surface area contributed by atoms with Crippen LogP contribution >= 0.6 is 15.9 Å². The molecule has 0 radical (unpaired) electrons. The molecule has 0 aromatic heterocycles. The second-order valence-electron chi connectivity index (χ2n) is 5.86. The maximum Gasteiger partial charge on any atom is 0.335 e. The van der Waals surface area contributed by atoms with Crippen molar-refractivity contribution in [2.45, 2.75) is 13.8 Å². The van der Waals surface area contributed by atoms with E-state index in [2.05, 4.69) is 21.2 Å². The molecule has 0 atom stereocenters. The number of rotatable bonds is 2. The molecule has 1 aliphatic rings. The molecule has 25 heavy (non-hydrogen) atoms. The molecule has 0 aliphatic carbocycles. The lowest BCUT2D eigenvalue weighted by Crippen LogP contribution is -2.54. The fourth-order valence-electron chi connectivity index (χ4n) is 2.70. The van der Waals surface area contributed by atoms with E-state index in [1.54, 1.807) is 24.3 Å². The highest BCUT2D eigenvalue weighted by Gasteiger charge is 2.36. The highest BCUT2D eigenvalue weighted by atomic mass is 79.9. The van der Waals surface area contributed by atoms with E-state index >= 15 is 0 Å². The maximum atomic E-state index is 12.8. The Morgan fingerprint density at radius 2 is 1.56 bits per heavy atom. The van der Waals surface area contributed by atoms with Crippen molar-refractivity contribution in [3.8, 4) is 0 Å². The van der Waals surface area contributed by atoms with E-state index in [9.17, 15) is 14.4 Å². The minimum atomic E-state index is -0.743. The summed E-state index contributed by atoms with van der Waals surface area (Å²) in [6.45, 7) is 3.76. The van der Waals surface area contributed by atoms with E-state index in [0.29, 0.717) is 11.3 Å². The van der Waals surface area contributed by atoms with E-state index in [0.717, 1.165) is 20.5 Å². The zero-order valence-electron chi connectivity index (χ0n) is 13.7. The minimum absolute atomic E-state index is 0.0823. The number of imide groups is 2. The van der Waals surface area contributed by atoms with Crippen LogP contribution < -0.4 is 10.2 Å². The first-order valence-corrected chi connectivity index (χ1v) is 8.40. The lowest BCUT2D eigenvalue weighted by atomic mass is 10.1. The Hall–Kier alpha value is -2.73. The molecule has 1 heterocycles. The van der Waals surface area contributed by atoms with Gasteiger partial charge in [0.2, 0.25) is 0 Å². The summed E-state index contributed by atoms with van der Waals surface area (Å²) < 4.78 is 0.890. The molecule has 2 aromatic carbocycles. The molecule has 0 saturated carbocycles. The molecule has 126 valence electrons. The standard InChI is InChI=1S/C19H15BrN2O3/c1-11-7-12(2)9-15(8-11)22-18(24)16(17(23)21-19(22)25)10-13-3-5-14(20)6-4-13/h3-10H,1-2H3,(H,21,23,25). The fraction of sp³-hybridized carbons (Fsp3) is 0.105. The van der Waals surface area contributed by atoms with Gasteiger partial charge in [-0.05, 0) is 60.9 Å². The molecule has 0 bridgehead atoms. The number of hydrogen-bond acceptors (Lipinski definition) is 3. The predicted octanol–water partition coefficient (Wildman–Crippen LogP) is 3.73. The molecule has 1 aliphatic heterocycles. The van der Waals surface area contributed by atoms with Crippen LogP contribution in [-0.2, 0) is 9.59 Å². The SMILES string of the molecule is Cc1cc(C)cc(N2C(=O)NC(=O)C(=Cc3ccc(Br)cc3)C2=O)c1. The van der Waals surface area contributed by atoms with Crippen molar-refractivity contribution < 1.29 is 14.4 Å². The summed E-state index contributed by atoms with van der Waals surface area (Å²) in [6.07, 6.45) is 1.48. The molecular formula is C19H15BrN2O3.